The monoisotopic (exact) mass is 234 g/mol. The van der Waals surface area contributed by atoms with Crippen LogP contribution in [0.4, 0.5) is 5.95 Å². The van der Waals surface area contributed by atoms with E-state index < -0.39 is 0 Å². The fourth-order valence-electron chi connectivity index (χ4n) is 2.76. The third-order valence-electron chi connectivity index (χ3n) is 4.11. The van der Waals surface area contributed by atoms with E-state index in [2.05, 4.69) is 35.8 Å². The Morgan fingerprint density at radius 2 is 2.00 bits per heavy atom. The van der Waals surface area contributed by atoms with Gasteiger partial charge in [-0.05, 0) is 24.7 Å². The Labute approximate surface area is 103 Å². The number of anilines is 1. The van der Waals surface area contributed by atoms with Crippen molar-refractivity contribution < 1.29 is 0 Å². The maximum atomic E-state index is 4.76. The van der Waals surface area contributed by atoms with Crippen molar-refractivity contribution in [1.29, 1.82) is 0 Å². The fraction of sp³-hybridized carbons (Fsp3) is 0.846. The summed E-state index contributed by atoms with van der Waals surface area (Å²) < 4.78 is 2.14. The van der Waals surface area contributed by atoms with Crippen LogP contribution in [-0.2, 0) is 0 Å². The highest BCUT2D eigenvalue weighted by Gasteiger charge is 2.34. The lowest BCUT2D eigenvalue weighted by atomic mass is 9.84. The van der Waals surface area contributed by atoms with E-state index in [-0.39, 0.29) is 5.41 Å². The molecule has 4 nitrogen and oxygen atoms in total. The summed E-state index contributed by atoms with van der Waals surface area (Å²) in [6.45, 7) is 7.89. The average molecular weight is 234 g/mol. The van der Waals surface area contributed by atoms with E-state index in [0.717, 1.165) is 24.7 Å². The van der Waals surface area contributed by atoms with E-state index >= 15 is 0 Å². The number of aromatic nitrogens is 3. The van der Waals surface area contributed by atoms with Crippen molar-refractivity contribution in [3.05, 3.63) is 5.82 Å². The molecule has 0 radical (unpaired) electrons. The minimum absolute atomic E-state index is 0.251. The molecule has 0 saturated heterocycles. The van der Waals surface area contributed by atoms with E-state index in [9.17, 15) is 0 Å². The molecule has 1 aromatic heterocycles. The van der Waals surface area contributed by atoms with Crippen LogP contribution in [0.25, 0.3) is 0 Å². The first kappa shape index (κ1) is 11.1. The molecule has 1 aliphatic carbocycles. The van der Waals surface area contributed by atoms with Crippen LogP contribution in [0.3, 0.4) is 0 Å². The molecule has 1 atom stereocenters. The van der Waals surface area contributed by atoms with Crippen molar-refractivity contribution in [2.45, 2.75) is 58.4 Å². The van der Waals surface area contributed by atoms with Crippen LogP contribution >= 0.6 is 0 Å². The number of nitrogens with one attached hydrogen (secondary N) is 1. The number of hydrogen-bond acceptors (Lipinski definition) is 3. The van der Waals surface area contributed by atoms with Crippen molar-refractivity contribution in [1.82, 2.24) is 14.8 Å². The van der Waals surface area contributed by atoms with Gasteiger partial charge in [-0.2, -0.15) is 10.1 Å². The summed E-state index contributed by atoms with van der Waals surface area (Å²) in [6, 6.07) is 0.472. The van der Waals surface area contributed by atoms with Gasteiger partial charge in [0.05, 0.1) is 6.04 Å². The number of hydrogen-bond donors (Lipinski definition) is 1. The molecule has 1 aromatic rings. The van der Waals surface area contributed by atoms with Crippen LogP contribution < -0.4 is 5.32 Å². The zero-order valence-electron chi connectivity index (χ0n) is 11.0. The second kappa shape index (κ2) is 3.72. The molecule has 4 heteroatoms. The highest BCUT2D eigenvalue weighted by molar-refractivity contribution is 5.29. The van der Waals surface area contributed by atoms with Crippen LogP contribution in [0.1, 0.15) is 64.2 Å². The lowest BCUT2D eigenvalue weighted by molar-refractivity contribution is 0.208. The second-order valence-electron chi connectivity index (χ2n) is 6.46. The van der Waals surface area contributed by atoms with Gasteiger partial charge in [0, 0.05) is 12.5 Å². The van der Waals surface area contributed by atoms with Gasteiger partial charge in [0.2, 0.25) is 5.95 Å². The minimum Gasteiger partial charge on any atom is -0.354 e. The lowest BCUT2D eigenvalue weighted by Crippen LogP contribution is -2.32. The van der Waals surface area contributed by atoms with Gasteiger partial charge in [0.15, 0.2) is 5.82 Å². The van der Waals surface area contributed by atoms with E-state index in [1.54, 1.807) is 0 Å². The van der Waals surface area contributed by atoms with Gasteiger partial charge in [-0.1, -0.05) is 27.2 Å². The molecule has 1 N–H and O–H groups in total. The number of nitrogens with zero attached hydrogens (tertiary/aromatic N) is 3. The van der Waals surface area contributed by atoms with Crippen molar-refractivity contribution in [2.75, 3.05) is 11.9 Å². The van der Waals surface area contributed by atoms with Crippen LogP contribution in [0, 0.1) is 5.41 Å². The van der Waals surface area contributed by atoms with E-state index in [4.69, 9.17) is 5.10 Å². The zero-order valence-corrected chi connectivity index (χ0v) is 11.0. The molecule has 1 fully saturated rings. The minimum atomic E-state index is 0.251. The molecule has 0 bridgehead atoms. The second-order valence-corrected chi connectivity index (χ2v) is 6.46. The van der Waals surface area contributed by atoms with E-state index in [1.807, 2.05) is 0 Å². The quantitative estimate of drug-likeness (QED) is 0.812. The van der Waals surface area contributed by atoms with Crippen LogP contribution in [0.2, 0.25) is 0 Å². The summed E-state index contributed by atoms with van der Waals surface area (Å²) in [4.78, 5) is 4.68. The molecule has 3 rings (SSSR count). The van der Waals surface area contributed by atoms with Crippen LogP contribution in [-0.4, -0.2) is 21.3 Å². The third-order valence-corrected chi connectivity index (χ3v) is 4.11. The highest BCUT2D eigenvalue weighted by Crippen LogP contribution is 2.40. The van der Waals surface area contributed by atoms with Gasteiger partial charge in [0.25, 0.3) is 0 Å². The van der Waals surface area contributed by atoms with E-state index in [0.29, 0.717) is 12.0 Å². The maximum Gasteiger partial charge on any atom is 0.221 e. The maximum absolute atomic E-state index is 4.76. The first-order valence-corrected chi connectivity index (χ1v) is 6.76. The highest BCUT2D eigenvalue weighted by atomic mass is 15.4. The Kier molecular flexibility index (Phi) is 2.42. The first-order chi connectivity index (χ1) is 8.05. The molecule has 2 heterocycles. The fourth-order valence-corrected chi connectivity index (χ4v) is 2.76. The normalized spacial score (nSPS) is 25.0. The molecule has 1 unspecified atom stereocenters. The van der Waals surface area contributed by atoms with Crippen molar-refractivity contribution in [3.8, 4) is 0 Å². The van der Waals surface area contributed by atoms with Gasteiger partial charge >= 0.3 is 0 Å². The number of fused-ring (bicyclic) bond motifs is 1. The lowest BCUT2D eigenvalue weighted by Gasteiger charge is -2.34. The average Bonchev–Trinajstić information content (AvgIpc) is 2.55. The van der Waals surface area contributed by atoms with Crippen molar-refractivity contribution in [2.24, 2.45) is 5.41 Å². The Bertz CT molecular complexity index is 412. The van der Waals surface area contributed by atoms with Gasteiger partial charge in [-0.3, -0.25) is 0 Å². The summed E-state index contributed by atoms with van der Waals surface area (Å²) in [7, 11) is 0. The molecule has 1 saturated carbocycles. The molecule has 17 heavy (non-hydrogen) atoms. The largest absolute Gasteiger partial charge is 0.354 e. The molecule has 0 amide bonds. The first-order valence-electron chi connectivity index (χ1n) is 6.76. The van der Waals surface area contributed by atoms with Crippen LogP contribution in [0.5, 0.6) is 0 Å². The smallest absolute Gasteiger partial charge is 0.221 e. The molecule has 0 aromatic carbocycles. The summed E-state index contributed by atoms with van der Waals surface area (Å²) in [5, 5.41) is 8.14. The van der Waals surface area contributed by atoms with Gasteiger partial charge in [-0.25, -0.2) is 4.68 Å². The van der Waals surface area contributed by atoms with Gasteiger partial charge < -0.3 is 5.32 Å². The molecule has 1 aliphatic heterocycles. The van der Waals surface area contributed by atoms with Gasteiger partial charge in [-0.15, -0.1) is 0 Å². The SMILES string of the molecule is CC(C)(C)C1CCNc2nc(C3CCC3)nn21. The summed E-state index contributed by atoms with van der Waals surface area (Å²) >= 11 is 0. The summed E-state index contributed by atoms with van der Waals surface area (Å²) in [6.07, 6.45) is 5.02. The van der Waals surface area contributed by atoms with Crippen LogP contribution in [0.15, 0.2) is 0 Å². The molecule has 2 aliphatic rings. The molecule has 94 valence electrons. The predicted molar refractivity (Wildman–Crippen MR) is 68.2 cm³/mol. The summed E-state index contributed by atoms with van der Waals surface area (Å²) in [5.41, 5.74) is 0.251. The van der Waals surface area contributed by atoms with Crippen molar-refractivity contribution >= 4 is 5.95 Å². The van der Waals surface area contributed by atoms with E-state index in [1.165, 1.54) is 19.3 Å². The Morgan fingerprint density at radius 3 is 2.59 bits per heavy atom. The zero-order chi connectivity index (χ0) is 12.0. The topological polar surface area (TPSA) is 42.7 Å². The summed E-state index contributed by atoms with van der Waals surface area (Å²) in [5.74, 6) is 2.67. The Morgan fingerprint density at radius 1 is 1.24 bits per heavy atom. The third kappa shape index (κ3) is 1.83. The Hall–Kier alpha value is -1.06. The predicted octanol–water partition coefficient (Wildman–Crippen LogP) is 2.95. The van der Waals surface area contributed by atoms with Gasteiger partial charge in [0.1, 0.15) is 0 Å². The molecule has 0 spiro atoms. The number of rotatable bonds is 1. The molecular weight excluding hydrogens is 212 g/mol. The van der Waals surface area contributed by atoms with Crippen molar-refractivity contribution in [3.63, 3.8) is 0 Å². The standard InChI is InChI=1S/C13H22N4/c1-13(2,3)10-7-8-14-12-15-11(16-17(10)12)9-5-4-6-9/h9-10H,4-8H2,1-3H3,(H,14,15,16). The Balaban J connectivity index is 1.93. The molecular formula is C13H22N4.